The van der Waals surface area contributed by atoms with Crippen molar-refractivity contribution < 1.29 is 48.0 Å². The van der Waals surface area contributed by atoms with Crippen LogP contribution < -0.4 is 20.7 Å². The van der Waals surface area contributed by atoms with Gasteiger partial charge in [0.05, 0.1) is 25.3 Å². The summed E-state index contributed by atoms with van der Waals surface area (Å²) in [6.07, 6.45) is 2.42. The second-order valence-corrected chi connectivity index (χ2v) is 14.5. The fourth-order valence-corrected chi connectivity index (χ4v) is 7.13. The van der Waals surface area contributed by atoms with Crippen LogP contribution in [-0.4, -0.2) is 111 Å². The molecule has 4 bridgehead atoms. The second kappa shape index (κ2) is 17.0. The van der Waals surface area contributed by atoms with Crippen molar-refractivity contribution in [3.8, 4) is 5.75 Å². The van der Waals surface area contributed by atoms with E-state index >= 15 is 0 Å². The summed E-state index contributed by atoms with van der Waals surface area (Å²) >= 11 is 6.75. The topological polar surface area (TPSA) is 182 Å². The van der Waals surface area contributed by atoms with Crippen molar-refractivity contribution in [3.63, 3.8) is 0 Å². The number of carbonyl (C=O) groups excluding carboxylic acids is 4. The van der Waals surface area contributed by atoms with Crippen LogP contribution in [0.1, 0.15) is 65.4 Å². The molecule has 14 nitrogen and oxygen atoms in total. The Morgan fingerprint density at radius 1 is 1.25 bits per heavy atom. The van der Waals surface area contributed by atoms with Gasteiger partial charge in [-0.3, -0.25) is 14.9 Å². The first-order valence-electron chi connectivity index (χ1n) is 17.5. The normalized spacial score (nSPS) is 31.6. The Hall–Kier alpha value is -3.69. The SMILES string of the molecule is COc1cc2cc(c1Cl)N(C)C(=O)CC(OC(=O)C(C)N(C)C(=O)CCCCN)C1(C)OC1C(C)C1CC(O)(NC(=O)O1)C(OC)/C=C/C=C(\C)C2. The van der Waals surface area contributed by atoms with Gasteiger partial charge in [0.2, 0.25) is 11.8 Å². The zero-order chi connectivity index (χ0) is 38.5. The molecule has 0 radical (unpaired) electrons. The van der Waals surface area contributed by atoms with E-state index in [0.29, 0.717) is 37.2 Å². The molecule has 15 heteroatoms. The van der Waals surface area contributed by atoms with Crippen molar-refractivity contribution in [2.45, 2.75) is 108 Å². The number of esters is 1. The number of methoxy groups -OCH3 is 2. The van der Waals surface area contributed by atoms with E-state index in [4.69, 9.17) is 41.0 Å². The third-order valence-corrected chi connectivity index (χ3v) is 10.7. The maximum Gasteiger partial charge on any atom is 0.409 e. The number of epoxide rings is 1. The lowest BCUT2D eigenvalue weighted by Crippen LogP contribution is -2.63. The Bertz CT molecular complexity index is 1570. The van der Waals surface area contributed by atoms with Gasteiger partial charge >= 0.3 is 12.1 Å². The standard InChI is InChI=1S/C37H53ClN4O10/c1-21-12-11-13-28(49-8)37(47)20-27(50-35(46)40-37)22(2)33-36(4,52-33)29(51-34(45)23(3)41(5)30(43)14-9-10-15-39)19-31(44)42(6)25-17-24(16-21)18-26(48-7)32(25)38/h11-13,17-18,22-23,27-29,33,47H,9-10,14-16,19-20,39H2,1-8H3,(H,40,46)/b13-11+,21-12+. The lowest BCUT2D eigenvalue weighted by atomic mass is 9.83. The van der Waals surface area contributed by atoms with Gasteiger partial charge in [0.25, 0.3) is 0 Å². The fourth-order valence-electron chi connectivity index (χ4n) is 6.82. The van der Waals surface area contributed by atoms with Crippen molar-refractivity contribution >= 4 is 41.2 Å². The summed E-state index contributed by atoms with van der Waals surface area (Å²) in [5, 5.41) is 14.5. The largest absolute Gasteiger partial charge is 0.495 e. The fraction of sp³-hybridized carbons (Fsp3) is 0.622. The van der Waals surface area contributed by atoms with Gasteiger partial charge in [-0.1, -0.05) is 42.3 Å². The van der Waals surface area contributed by atoms with Crippen LogP contribution in [0.4, 0.5) is 10.5 Å². The molecule has 4 rings (SSSR count). The highest BCUT2D eigenvalue weighted by molar-refractivity contribution is 6.35. The first-order valence-corrected chi connectivity index (χ1v) is 17.9. The van der Waals surface area contributed by atoms with E-state index in [1.807, 2.05) is 13.0 Å². The number of amides is 3. The number of benzene rings is 1. The smallest absolute Gasteiger partial charge is 0.409 e. The molecule has 2 saturated heterocycles. The molecule has 2 fully saturated rings. The molecule has 0 aromatic heterocycles. The number of carbonyl (C=O) groups is 4. The van der Waals surface area contributed by atoms with Crippen LogP contribution in [0.15, 0.2) is 35.9 Å². The molecule has 8 unspecified atom stereocenters. The van der Waals surface area contributed by atoms with Gasteiger partial charge in [0, 0.05) is 40.0 Å². The van der Waals surface area contributed by atoms with Crippen molar-refractivity contribution in [1.82, 2.24) is 10.2 Å². The number of unbranched alkanes of at least 4 members (excludes halogenated alkanes) is 1. The summed E-state index contributed by atoms with van der Waals surface area (Å²) < 4.78 is 29.2. The number of likely N-dealkylation sites (N-methyl/N-ethyl adjacent to an activating group) is 1. The molecule has 0 aliphatic carbocycles. The van der Waals surface area contributed by atoms with Crippen LogP contribution in [0.5, 0.6) is 5.75 Å². The molecule has 0 saturated carbocycles. The predicted octanol–water partition coefficient (Wildman–Crippen LogP) is 3.64. The number of nitrogens with zero attached hydrogens (tertiary/aromatic N) is 2. The van der Waals surface area contributed by atoms with Crippen LogP contribution in [-0.2, 0) is 39.8 Å². The summed E-state index contributed by atoms with van der Waals surface area (Å²) in [7, 11) is 6.02. The van der Waals surface area contributed by atoms with Gasteiger partial charge in [-0.2, -0.15) is 0 Å². The number of alkyl carbamates (subject to hydrolysis) is 1. The number of anilines is 1. The number of halogens is 1. The van der Waals surface area contributed by atoms with Gasteiger partial charge in [0.15, 0.2) is 5.72 Å². The quantitative estimate of drug-likeness (QED) is 0.191. The number of allylic oxidation sites excluding steroid dienone is 3. The molecule has 3 aliphatic rings. The van der Waals surface area contributed by atoms with E-state index in [2.05, 4.69) is 5.32 Å². The highest BCUT2D eigenvalue weighted by Crippen LogP contribution is 2.49. The number of hydrogen-bond acceptors (Lipinski definition) is 11. The molecule has 4 N–H and O–H groups in total. The highest BCUT2D eigenvalue weighted by atomic mass is 35.5. The lowest BCUT2D eigenvalue weighted by molar-refractivity contribution is -0.162. The molecule has 3 amide bonds. The molecule has 3 aliphatic heterocycles. The van der Waals surface area contributed by atoms with Crippen LogP contribution in [0, 0.1) is 5.92 Å². The number of fused-ring (bicyclic) bond motifs is 5. The third kappa shape index (κ3) is 9.08. The molecule has 3 heterocycles. The maximum absolute atomic E-state index is 14.1. The van der Waals surface area contributed by atoms with E-state index in [1.165, 1.54) is 31.1 Å². The van der Waals surface area contributed by atoms with Gasteiger partial charge in [-0.25, -0.2) is 9.59 Å². The molecular weight excluding hydrogens is 696 g/mol. The first-order chi connectivity index (χ1) is 24.5. The average Bonchev–Trinajstić information content (AvgIpc) is 3.80. The van der Waals surface area contributed by atoms with Crippen LogP contribution in [0.2, 0.25) is 5.02 Å². The number of nitrogens with two attached hydrogens (primary N) is 1. The molecule has 8 atom stereocenters. The van der Waals surface area contributed by atoms with Crippen LogP contribution in [0.3, 0.4) is 0 Å². The third-order valence-electron chi connectivity index (χ3n) is 10.4. The predicted molar refractivity (Wildman–Crippen MR) is 194 cm³/mol. The maximum atomic E-state index is 14.1. The van der Waals surface area contributed by atoms with Crippen molar-refractivity contribution in [2.75, 3.05) is 39.8 Å². The Morgan fingerprint density at radius 2 is 1.96 bits per heavy atom. The zero-order valence-corrected chi connectivity index (χ0v) is 32.0. The Kier molecular flexibility index (Phi) is 13.4. The van der Waals surface area contributed by atoms with Gasteiger partial charge in [-0.15, -0.1) is 0 Å². The minimum absolute atomic E-state index is 0.0499. The summed E-state index contributed by atoms with van der Waals surface area (Å²) in [6, 6.07) is 2.61. The number of ether oxygens (including phenoxy) is 5. The van der Waals surface area contributed by atoms with Gasteiger partial charge in [-0.05, 0) is 64.3 Å². The number of rotatable bonds is 9. The monoisotopic (exact) mass is 748 g/mol. The Labute approximate surface area is 310 Å². The van der Waals surface area contributed by atoms with E-state index < -0.39 is 65.7 Å². The Morgan fingerprint density at radius 3 is 2.62 bits per heavy atom. The molecule has 288 valence electrons. The van der Waals surface area contributed by atoms with E-state index in [0.717, 1.165) is 11.1 Å². The summed E-state index contributed by atoms with van der Waals surface area (Å²) in [5.74, 6) is -1.55. The van der Waals surface area contributed by atoms with Crippen LogP contribution in [0.25, 0.3) is 0 Å². The van der Waals surface area contributed by atoms with Crippen molar-refractivity contribution in [2.24, 2.45) is 11.7 Å². The first kappa shape index (κ1) is 41.1. The number of nitrogens with one attached hydrogen (secondary N) is 1. The average molecular weight is 749 g/mol. The van der Waals surface area contributed by atoms with Crippen LogP contribution >= 0.6 is 11.6 Å². The summed E-state index contributed by atoms with van der Waals surface area (Å²) in [4.78, 5) is 56.1. The summed E-state index contributed by atoms with van der Waals surface area (Å²) in [5.41, 5.74) is 4.66. The second-order valence-electron chi connectivity index (χ2n) is 14.1. The minimum atomic E-state index is -1.82. The lowest BCUT2D eigenvalue weighted by Gasteiger charge is -2.42. The molecule has 1 aromatic rings. The zero-order valence-electron chi connectivity index (χ0n) is 31.3. The number of aliphatic hydroxyl groups is 1. The highest BCUT2D eigenvalue weighted by Gasteiger charge is 2.64. The number of hydrogen-bond donors (Lipinski definition) is 3. The molecule has 0 spiro atoms. The van der Waals surface area contributed by atoms with Gasteiger partial charge < -0.3 is 44.3 Å². The Balaban J connectivity index is 1.74. The van der Waals surface area contributed by atoms with Crippen molar-refractivity contribution in [1.29, 1.82) is 0 Å². The minimum Gasteiger partial charge on any atom is -0.495 e. The molecular formula is C37H53ClN4O10. The molecule has 52 heavy (non-hydrogen) atoms. The van der Waals surface area contributed by atoms with E-state index in [9.17, 15) is 24.3 Å². The molecule has 1 aromatic carbocycles. The summed E-state index contributed by atoms with van der Waals surface area (Å²) in [6.45, 7) is 7.45. The van der Waals surface area contributed by atoms with E-state index in [1.54, 1.807) is 52.1 Å². The van der Waals surface area contributed by atoms with Crippen molar-refractivity contribution in [3.05, 3.63) is 46.5 Å². The van der Waals surface area contributed by atoms with Gasteiger partial charge in [0.1, 0.15) is 40.7 Å². The van der Waals surface area contributed by atoms with E-state index in [-0.39, 0.29) is 30.2 Å².